The summed E-state index contributed by atoms with van der Waals surface area (Å²) in [6, 6.07) is 2.04. The molecule has 1 fully saturated rings. The molecule has 1 aliphatic heterocycles. The number of thiazole rings is 1. The van der Waals surface area contributed by atoms with E-state index in [0.29, 0.717) is 6.42 Å². The lowest BCUT2D eigenvalue weighted by Gasteiger charge is -2.25. The Morgan fingerprint density at radius 2 is 2.12 bits per heavy atom. The third kappa shape index (κ3) is 3.56. The highest BCUT2D eigenvalue weighted by molar-refractivity contribution is 7.09. The number of carbonyl (C=O) groups excluding carboxylic acids is 1. The predicted molar refractivity (Wildman–Crippen MR) is 95.3 cm³/mol. The second kappa shape index (κ2) is 6.84. The molecule has 7 heteroatoms. The van der Waals surface area contributed by atoms with Crippen molar-refractivity contribution in [3.05, 3.63) is 33.7 Å². The zero-order chi connectivity index (χ0) is 17.3. The maximum Gasteiger partial charge on any atom is 0.229 e. The van der Waals surface area contributed by atoms with Crippen molar-refractivity contribution < 1.29 is 4.79 Å². The summed E-state index contributed by atoms with van der Waals surface area (Å²) in [4.78, 5) is 30.1. The molecule has 1 amide bonds. The van der Waals surface area contributed by atoms with Gasteiger partial charge in [0.15, 0.2) is 0 Å². The average Bonchev–Trinajstić information content (AvgIpc) is 3.15. The van der Waals surface area contributed by atoms with Gasteiger partial charge < -0.3 is 9.80 Å². The number of aryl methyl sites for hydroxylation is 2. The molecule has 2 aromatic heterocycles. The number of amides is 1. The molecule has 3 rings (SSSR count). The van der Waals surface area contributed by atoms with Crippen molar-refractivity contribution in [2.45, 2.75) is 39.2 Å². The molecule has 0 aliphatic carbocycles. The van der Waals surface area contributed by atoms with Crippen LogP contribution in [0, 0.1) is 13.8 Å². The number of nitrogens with zero attached hydrogens (tertiary/aromatic N) is 5. The molecule has 128 valence electrons. The van der Waals surface area contributed by atoms with Crippen LogP contribution in [0.25, 0.3) is 0 Å². The first-order valence-electron chi connectivity index (χ1n) is 8.17. The Bertz CT molecular complexity index is 742. The van der Waals surface area contributed by atoms with Gasteiger partial charge >= 0.3 is 0 Å². The van der Waals surface area contributed by atoms with Crippen molar-refractivity contribution in [3.8, 4) is 0 Å². The smallest absolute Gasteiger partial charge is 0.229 e. The van der Waals surface area contributed by atoms with Crippen molar-refractivity contribution in [2.24, 2.45) is 0 Å². The van der Waals surface area contributed by atoms with Crippen LogP contribution in [0.1, 0.15) is 41.1 Å². The summed E-state index contributed by atoms with van der Waals surface area (Å²) in [5.41, 5.74) is 1.80. The maximum absolute atomic E-state index is 12.7. The summed E-state index contributed by atoms with van der Waals surface area (Å²) in [5, 5.41) is 2.97. The average molecular weight is 345 g/mol. The Morgan fingerprint density at radius 3 is 2.79 bits per heavy atom. The number of carbonyl (C=O) groups is 1. The van der Waals surface area contributed by atoms with E-state index >= 15 is 0 Å². The van der Waals surface area contributed by atoms with Gasteiger partial charge in [0, 0.05) is 32.1 Å². The molecule has 6 nitrogen and oxygen atoms in total. The van der Waals surface area contributed by atoms with E-state index in [1.165, 1.54) is 0 Å². The lowest BCUT2D eigenvalue weighted by atomic mass is 10.1. The van der Waals surface area contributed by atoms with E-state index < -0.39 is 0 Å². The monoisotopic (exact) mass is 345 g/mol. The van der Waals surface area contributed by atoms with E-state index in [9.17, 15) is 4.79 Å². The highest BCUT2D eigenvalue weighted by Gasteiger charge is 2.31. The summed E-state index contributed by atoms with van der Waals surface area (Å²) >= 11 is 1.59. The zero-order valence-corrected chi connectivity index (χ0v) is 15.4. The van der Waals surface area contributed by atoms with E-state index in [4.69, 9.17) is 0 Å². The third-order valence-electron chi connectivity index (χ3n) is 4.22. The van der Waals surface area contributed by atoms with Crippen LogP contribution in [-0.4, -0.2) is 46.4 Å². The molecule has 0 N–H and O–H groups in total. The van der Waals surface area contributed by atoms with Gasteiger partial charge in [-0.2, -0.15) is 0 Å². The van der Waals surface area contributed by atoms with Crippen molar-refractivity contribution in [2.75, 3.05) is 25.5 Å². The minimum Gasteiger partial charge on any atom is -0.363 e. The first-order chi connectivity index (χ1) is 11.4. The van der Waals surface area contributed by atoms with Crippen LogP contribution in [0.2, 0.25) is 0 Å². The van der Waals surface area contributed by atoms with Crippen LogP contribution in [-0.2, 0) is 11.2 Å². The summed E-state index contributed by atoms with van der Waals surface area (Å²) in [5.74, 6) is 1.75. The quantitative estimate of drug-likeness (QED) is 0.852. The van der Waals surface area contributed by atoms with E-state index in [2.05, 4.69) is 15.0 Å². The van der Waals surface area contributed by atoms with Gasteiger partial charge in [-0.3, -0.25) is 4.79 Å². The number of hydrogen-bond acceptors (Lipinski definition) is 6. The molecule has 0 saturated carbocycles. The lowest BCUT2D eigenvalue weighted by molar-refractivity contribution is -0.131. The normalized spacial score (nSPS) is 17.3. The molecule has 0 bridgehead atoms. The first kappa shape index (κ1) is 16.8. The van der Waals surface area contributed by atoms with Crippen molar-refractivity contribution in [1.29, 1.82) is 0 Å². The SMILES string of the molecule is Cc1nc([C@@H]2CCCN2C(=O)Cc2csc(C)n2)cc(N(C)C)n1. The van der Waals surface area contributed by atoms with Gasteiger partial charge in [-0.15, -0.1) is 11.3 Å². The fourth-order valence-corrected chi connectivity index (χ4v) is 3.71. The fraction of sp³-hybridized carbons (Fsp3) is 0.529. The summed E-state index contributed by atoms with van der Waals surface area (Å²) < 4.78 is 0. The Balaban J connectivity index is 1.81. The van der Waals surface area contributed by atoms with Crippen LogP contribution in [0.4, 0.5) is 5.82 Å². The number of aromatic nitrogens is 3. The highest BCUT2D eigenvalue weighted by Crippen LogP contribution is 2.32. The minimum absolute atomic E-state index is 0.0395. The van der Waals surface area contributed by atoms with Crippen LogP contribution in [0.5, 0.6) is 0 Å². The standard InChI is InChI=1S/C17H23N5OS/c1-11-18-14(9-16(19-11)21(3)4)15-6-5-7-22(15)17(23)8-13-10-24-12(2)20-13/h9-10,15H,5-8H2,1-4H3/t15-/m0/s1. The Morgan fingerprint density at radius 1 is 1.33 bits per heavy atom. The molecular weight excluding hydrogens is 322 g/mol. The summed E-state index contributed by atoms with van der Waals surface area (Å²) in [7, 11) is 3.93. The van der Waals surface area contributed by atoms with Gasteiger partial charge in [0.2, 0.25) is 5.91 Å². The predicted octanol–water partition coefficient (Wildman–Crippen LogP) is 2.52. The molecule has 24 heavy (non-hydrogen) atoms. The number of likely N-dealkylation sites (tertiary alicyclic amines) is 1. The fourth-order valence-electron chi connectivity index (χ4n) is 3.09. The summed E-state index contributed by atoms with van der Waals surface area (Å²) in [6.07, 6.45) is 2.32. The minimum atomic E-state index is 0.0395. The second-order valence-corrected chi connectivity index (χ2v) is 7.43. The van der Waals surface area contributed by atoms with E-state index in [1.54, 1.807) is 11.3 Å². The van der Waals surface area contributed by atoms with Gasteiger partial charge in [-0.1, -0.05) is 0 Å². The van der Waals surface area contributed by atoms with Crippen molar-refractivity contribution in [3.63, 3.8) is 0 Å². The number of rotatable bonds is 4. The molecule has 3 heterocycles. The molecule has 0 radical (unpaired) electrons. The summed E-state index contributed by atoms with van der Waals surface area (Å²) in [6.45, 7) is 4.65. The van der Waals surface area contributed by atoms with Crippen LogP contribution in [0.15, 0.2) is 11.4 Å². The van der Waals surface area contributed by atoms with E-state index in [-0.39, 0.29) is 11.9 Å². The molecule has 1 atom stereocenters. The van der Waals surface area contributed by atoms with Crippen molar-refractivity contribution in [1.82, 2.24) is 19.9 Å². The molecular formula is C17H23N5OS. The van der Waals surface area contributed by atoms with Gasteiger partial charge in [0.05, 0.1) is 28.9 Å². The third-order valence-corrected chi connectivity index (χ3v) is 5.04. The maximum atomic E-state index is 12.7. The molecule has 2 aromatic rings. The molecule has 1 aliphatic rings. The number of anilines is 1. The molecule has 0 aromatic carbocycles. The number of hydrogen-bond donors (Lipinski definition) is 0. The molecule has 1 saturated heterocycles. The molecule has 0 unspecified atom stereocenters. The highest BCUT2D eigenvalue weighted by atomic mass is 32.1. The van der Waals surface area contributed by atoms with Crippen LogP contribution < -0.4 is 4.90 Å². The lowest BCUT2D eigenvalue weighted by Crippen LogP contribution is -2.32. The van der Waals surface area contributed by atoms with Gasteiger partial charge in [-0.05, 0) is 26.7 Å². The van der Waals surface area contributed by atoms with Crippen molar-refractivity contribution >= 4 is 23.1 Å². The second-order valence-electron chi connectivity index (χ2n) is 6.37. The van der Waals surface area contributed by atoms with Gasteiger partial charge in [-0.25, -0.2) is 15.0 Å². The van der Waals surface area contributed by atoms with Crippen LogP contribution >= 0.6 is 11.3 Å². The Labute approximate surface area is 146 Å². The Hall–Kier alpha value is -2.02. The topological polar surface area (TPSA) is 62.2 Å². The molecule has 0 spiro atoms. The van der Waals surface area contributed by atoms with Crippen LogP contribution in [0.3, 0.4) is 0 Å². The van der Waals surface area contributed by atoms with Gasteiger partial charge in [0.25, 0.3) is 0 Å². The first-order valence-corrected chi connectivity index (χ1v) is 9.05. The van der Waals surface area contributed by atoms with Gasteiger partial charge in [0.1, 0.15) is 11.6 Å². The Kier molecular flexibility index (Phi) is 4.80. The van der Waals surface area contributed by atoms with E-state index in [0.717, 1.165) is 47.4 Å². The van der Waals surface area contributed by atoms with E-state index in [1.807, 2.05) is 49.2 Å². The largest absolute Gasteiger partial charge is 0.363 e. The zero-order valence-electron chi connectivity index (χ0n) is 14.6.